The van der Waals surface area contributed by atoms with Crippen molar-refractivity contribution >= 4 is 21.8 Å². The van der Waals surface area contributed by atoms with Gasteiger partial charge in [-0.05, 0) is 55.4 Å². The van der Waals surface area contributed by atoms with Crippen molar-refractivity contribution in [2.24, 2.45) is 0 Å². The summed E-state index contributed by atoms with van der Waals surface area (Å²) < 4.78 is 5.87. The van der Waals surface area contributed by atoms with Gasteiger partial charge in [0.25, 0.3) is 0 Å². The highest BCUT2D eigenvalue weighted by atomic mass is 16.5. The third-order valence-corrected chi connectivity index (χ3v) is 5.54. The molecule has 0 saturated carbocycles. The number of rotatable bonds is 4. The maximum absolute atomic E-state index is 5.87. The third-order valence-electron chi connectivity index (χ3n) is 5.54. The molecule has 0 aliphatic carbocycles. The predicted molar refractivity (Wildman–Crippen MR) is 111 cm³/mol. The number of benzene rings is 2. The number of fused-ring (bicyclic) bond motifs is 2. The van der Waals surface area contributed by atoms with Crippen LogP contribution in [0.25, 0.3) is 33.1 Å². The Morgan fingerprint density at radius 1 is 1.00 bits per heavy atom. The van der Waals surface area contributed by atoms with Crippen molar-refractivity contribution in [2.45, 2.75) is 18.9 Å². The molecule has 0 spiro atoms. The lowest BCUT2D eigenvalue weighted by Crippen LogP contribution is -2.30. The molecule has 28 heavy (non-hydrogen) atoms. The van der Waals surface area contributed by atoms with Crippen LogP contribution in [-0.4, -0.2) is 46.1 Å². The fourth-order valence-corrected chi connectivity index (χ4v) is 3.83. The van der Waals surface area contributed by atoms with E-state index in [0.717, 1.165) is 29.6 Å². The summed E-state index contributed by atoms with van der Waals surface area (Å²) in [5.41, 5.74) is 2.64. The zero-order valence-electron chi connectivity index (χ0n) is 15.9. The Balaban J connectivity index is 1.43. The molecule has 4 aromatic rings. The Bertz CT molecular complexity index is 1140. The summed E-state index contributed by atoms with van der Waals surface area (Å²) in [7, 11) is 2.14. The summed E-state index contributed by atoms with van der Waals surface area (Å²) in [6, 6.07) is 19.6. The second-order valence-corrected chi connectivity index (χ2v) is 7.41. The molecule has 1 saturated heterocycles. The smallest absolute Gasteiger partial charge is 0.318 e. The molecule has 140 valence electrons. The van der Waals surface area contributed by atoms with E-state index in [0.29, 0.717) is 24.3 Å². The molecular weight excluding hydrogens is 348 g/mol. The Morgan fingerprint density at radius 2 is 1.86 bits per heavy atom. The van der Waals surface area contributed by atoms with Gasteiger partial charge in [0.15, 0.2) is 5.65 Å². The maximum Gasteiger partial charge on any atom is 0.318 e. The molecule has 2 aromatic heterocycles. The van der Waals surface area contributed by atoms with Gasteiger partial charge in [0, 0.05) is 23.2 Å². The second kappa shape index (κ2) is 7.17. The molecule has 2 aromatic carbocycles. The number of hydrogen-bond donors (Lipinski definition) is 0. The van der Waals surface area contributed by atoms with Gasteiger partial charge in [-0.2, -0.15) is 4.98 Å². The summed E-state index contributed by atoms with van der Waals surface area (Å²) >= 11 is 0. The second-order valence-electron chi connectivity index (χ2n) is 7.41. The molecule has 0 amide bonds. The van der Waals surface area contributed by atoms with Crippen LogP contribution in [0.5, 0.6) is 6.01 Å². The van der Waals surface area contributed by atoms with Gasteiger partial charge >= 0.3 is 6.01 Å². The monoisotopic (exact) mass is 370 g/mol. The molecule has 5 rings (SSSR count). The molecule has 3 heterocycles. The van der Waals surface area contributed by atoms with Crippen molar-refractivity contribution in [1.29, 1.82) is 0 Å². The van der Waals surface area contributed by atoms with E-state index in [4.69, 9.17) is 9.72 Å². The normalized spacial score (nSPS) is 17.4. The molecular formula is C23H22N4O. The first-order chi connectivity index (χ1) is 13.8. The van der Waals surface area contributed by atoms with Crippen molar-refractivity contribution < 1.29 is 4.74 Å². The van der Waals surface area contributed by atoms with E-state index in [9.17, 15) is 0 Å². The van der Waals surface area contributed by atoms with Crippen LogP contribution in [-0.2, 0) is 0 Å². The van der Waals surface area contributed by atoms with Gasteiger partial charge in [-0.3, -0.25) is 0 Å². The van der Waals surface area contributed by atoms with Gasteiger partial charge in [0.05, 0.1) is 5.69 Å². The van der Waals surface area contributed by atoms with Crippen molar-refractivity contribution in [3.05, 3.63) is 60.8 Å². The SMILES string of the molecule is CN1CCC[C@H]1COc1ncc2ccc(-c3ccc4ccccc4c3)nc2n1. The topological polar surface area (TPSA) is 51.1 Å². The molecule has 1 fully saturated rings. The zero-order valence-corrected chi connectivity index (χ0v) is 15.9. The van der Waals surface area contributed by atoms with Crippen LogP contribution < -0.4 is 4.74 Å². The number of pyridine rings is 1. The summed E-state index contributed by atoms with van der Waals surface area (Å²) in [4.78, 5) is 16.0. The molecule has 1 aliphatic heterocycles. The molecule has 0 N–H and O–H groups in total. The van der Waals surface area contributed by atoms with E-state index in [-0.39, 0.29) is 0 Å². The van der Waals surface area contributed by atoms with E-state index in [1.54, 1.807) is 6.20 Å². The van der Waals surface area contributed by atoms with Crippen LogP contribution in [0, 0.1) is 0 Å². The summed E-state index contributed by atoms with van der Waals surface area (Å²) in [6.45, 7) is 1.75. The van der Waals surface area contributed by atoms with E-state index < -0.39 is 0 Å². The van der Waals surface area contributed by atoms with E-state index in [1.165, 1.54) is 17.2 Å². The minimum Gasteiger partial charge on any atom is -0.462 e. The van der Waals surface area contributed by atoms with Crippen LogP contribution in [0.2, 0.25) is 0 Å². The first kappa shape index (κ1) is 17.1. The van der Waals surface area contributed by atoms with Crippen molar-refractivity contribution in [3.63, 3.8) is 0 Å². The number of aromatic nitrogens is 3. The highest BCUT2D eigenvalue weighted by Crippen LogP contribution is 2.25. The number of nitrogens with zero attached hydrogens (tertiary/aromatic N) is 4. The van der Waals surface area contributed by atoms with Gasteiger partial charge in [-0.25, -0.2) is 9.97 Å². The van der Waals surface area contributed by atoms with Crippen LogP contribution >= 0.6 is 0 Å². The Labute approximate surface area is 164 Å². The first-order valence-electron chi connectivity index (χ1n) is 9.72. The number of likely N-dealkylation sites (N-methyl/N-ethyl adjacent to an activating group) is 1. The van der Waals surface area contributed by atoms with E-state index in [1.807, 2.05) is 12.1 Å². The number of likely N-dealkylation sites (tertiary alicyclic amines) is 1. The molecule has 0 unspecified atom stereocenters. The lowest BCUT2D eigenvalue weighted by atomic mass is 10.0. The van der Waals surface area contributed by atoms with Crippen LogP contribution in [0.1, 0.15) is 12.8 Å². The lowest BCUT2D eigenvalue weighted by Gasteiger charge is -2.18. The van der Waals surface area contributed by atoms with Crippen LogP contribution in [0.15, 0.2) is 60.8 Å². The van der Waals surface area contributed by atoms with Crippen molar-refractivity contribution in [3.8, 4) is 17.3 Å². The maximum atomic E-state index is 5.87. The zero-order chi connectivity index (χ0) is 18.9. The molecule has 5 heteroatoms. The number of ether oxygens (including phenoxy) is 1. The van der Waals surface area contributed by atoms with E-state index >= 15 is 0 Å². The highest BCUT2D eigenvalue weighted by molar-refractivity contribution is 5.87. The van der Waals surface area contributed by atoms with Gasteiger partial charge in [0.2, 0.25) is 0 Å². The molecule has 0 radical (unpaired) electrons. The number of hydrogen-bond acceptors (Lipinski definition) is 5. The van der Waals surface area contributed by atoms with Gasteiger partial charge in [0.1, 0.15) is 6.61 Å². The minimum absolute atomic E-state index is 0.399. The van der Waals surface area contributed by atoms with Gasteiger partial charge < -0.3 is 9.64 Å². The fourth-order valence-electron chi connectivity index (χ4n) is 3.83. The average molecular weight is 370 g/mol. The van der Waals surface area contributed by atoms with Crippen molar-refractivity contribution in [1.82, 2.24) is 19.9 Å². The van der Waals surface area contributed by atoms with Gasteiger partial charge in [-0.15, -0.1) is 0 Å². The highest BCUT2D eigenvalue weighted by Gasteiger charge is 2.21. The van der Waals surface area contributed by atoms with Crippen LogP contribution in [0.4, 0.5) is 0 Å². The third kappa shape index (κ3) is 3.29. The summed E-state index contributed by atoms with van der Waals surface area (Å²) in [5, 5.41) is 3.34. The minimum atomic E-state index is 0.399. The molecule has 1 atom stereocenters. The largest absolute Gasteiger partial charge is 0.462 e. The molecule has 5 nitrogen and oxygen atoms in total. The quantitative estimate of drug-likeness (QED) is 0.535. The Morgan fingerprint density at radius 3 is 2.71 bits per heavy atom. The van der Waals surface area contributed by atoms with Gasteiger partial charge in [-0.1, -0.05) is 36.4 Å². The molecule has 0 bridgehead atoms. The molecule has 1 aliphatic rings. The lowest BCUT2D eigenvalue weighted by molar-refractivity contribution is 0.188. The standard InChI is InChI=1S/C23H22N4O/c1-27-12-4-7-20(27)15-28-23-24-14-19-10-11-21(25-22(19)26-23)18-9-8-16-5-2-3-6-17(16)13-18/h2-3,5-6,8-11,13-14,20H,4,7,12,15H2,1H3/t20-/m0/s1. The average Bonchev–Trinajstić information content (AvgIpc) is 3.16. The first-order valence-corrected chi connectivity index (χ1v) is 9.72. The Kier molecular flexibility index (Phi) is 4.37. The van der Waals surface area contributed by atoms with Crippen molar-refractivity contribution in [2.75, 3.05) is 20.2 Å². The predicted octanol–water partition coefficient (Wildman–Crippen LogP) is 4.32. The van der Waals surface area contributed by atoms with Crippen LogP contribution in [0.3, 0.4) is 0 Å². The fraction of sp³-hybridized carbons (Fsp3) is 0.261. The Hall–Kier alpha value is -3.05. The summed E-state index contributed by atoms with van der Waals surface area (Å²) in [6.07, 6.45) is 4.17. The van der Waals surface area contributed by atoms with E-state index in [2.05, 4.69) is 64.4 Å². The summed E-state index contributed by atoms with van der Waals surface area (Å²) in [5.74, 6) is 0.